The Morgan fingerprint density at radius 2 is 2.21 bits per heavy atom. The summed E-state index contributed by atoms with van der Waals surface area (Å²) in [5.41, 5.74) is -0.601. The fourth-order valence-corrected chi connectivity index (χ4v) is 1.61. The van der Waals surface area contributed by atoms with Crippen molar-refractivity contribution in [2.75, 3.05) is 13.2 Å². The van der Waals surface area contributed by atoms with Crippen molar-refractivity contribution in [3.05, 3.63) is 17.5 Å². The van der Waals surface area contributed by atoms with E-state index in [1.54, 1.807) is 0 Å². The number of aliphatic hydroxyl groups is 1. The number of hydrogen-bond acceptors (Lipinski definition) is 3. The van der Waals surface area contributed by atoms with E-state index in [2.05, 4.69) is 10.4 Å². The largest absolute Gasteiger partial charge is 0.396 e. The molecule has 0 unspecified atom stereocenters. The Labute approximate surface area is 110 Å². The minimum atomic E-state index is -2.74. The van der Waals surface area contributed by atoms with Crippen molar-refractivity contribution in [2.24, 2.45) is 5.92 Å². The molecule has 0 saturated heterocycles. The second-order valence-corrected chi connectivity index (χ2v) is 4.68. The Bertz CT molecular complexity index is 419. The predicted molar refractivity (Wildman–Crippen MR) is 66.1 cm³/mol. The highest BCUT2D eigenvalue weighted by Gasteiger charge is 2.23. The van der Waals surface area contributed by atoms with Crippen molar-refractivity contribution in [2.45, 2.75) is 33.2 Å². The molecule has 0 aliphatic carbocycles. The van der Waals surface area contributed by atoms with Gasteiger partial charge in [0.15, 0.2) is 5.69 Å². The molecule has 1 amide bonds. The van der Waals surface area contributed by atoms with Crippen molar-refractivity contribution in [3.8, 4) is 0 Å². The average Bonchev–Trinajstić information content (AvgIpc) is 2.72. The monoisotopic (exact) mass is 275 g/mol. The summed E-state index contributed by atoms with van der Waals surface area (Å²) < 4.78 is 27.1. The van der Waals surface area contributed by atoms with Crippen LogP contribution in [0, 0.1) is 5.92 Å². The number of carbonyl (C=O) groups excluding carboxylic acids is 1. The molecule has 19 heavy (non-hydrogen) atoms. The van der Waals surface area contributed by atoms with Gasteiger partial charge in [-0.05, 0) is 12.3 Å². The van der Waals surface area contributed by atoms with Gasteiger partial charge < -0.3 is 10.4 Å². The zero-order valence-electron chi connectivity index (χ0n) is 11.1. The molecule has 0 aliphatic rings. The number of nitrogens with zero attached hydrogens (tertiary/aromatic N) is 2. The van der Waals surface area contributed by atoms with Gasteiger partial charge in [-0.25, -0.2) is 8.78 Å². The van der Waals surface area contributed by atoms with E-state index in [1.165, 1.54) is 10.9 Å². The summed E-state index contributed by atoms with van der Waals surface area (Å²) >= 11 is 0. The van der Waals surface area contributed by atoms with Crippen molar-refractivity contribution in [3.63, 3.8) is 0 Å². The highest BCUT2D eigenvalue weighted by atomic mass is 19.3. The lowest BCUT2D eigenvalue weighted by Crippen LogP contribution is -2.26. The molecule has 1 aromatic rings. The van der Waals surface area contributed by atoms with Crippen LogP contribution in [0.5, 0.6) is 0 Å². The molecule has 1 aromatic heterocycles. The Kier molecular flexibility index (Phi) is 5.88. The summed E-state index contributed by atoms with van der Waals surface area (Å²) in [7, 11) is 0. The number of rotatable bonds is 7. The van der Waals surface area contributed by atoms with Gasteiger partial charge in [0, 0.05) is 25.9 Å². The fraction of sp³-hybridized carbons (Fsp3) is 0.667. The first kappa shape index (κ1) is 15.6. The SMILES string of the molecule is CC(C)Cn1cc(C(F)F)c(C(=O)NCCCO)n1. The maximum absolute atomic E-state index is 12.9. The molecule has 0 radical (unpaired) electrons. The molecule has 0 aliphatic heterocycles. The minimum absolute atomic E-state index is 0.0657. The summed E-state index contributed by atoms with van der Waals surface area (Å²) in [5, 5.41) is 15.0. The van der Waals surface area contributed by atoms with Gasteiger partial charge in [-0.2, -0.15) is 5.10 Å². The first-order chi connectivity index (χ1) is 8.95. The number of aromatic nitrogens is 2. The number of nitrogens with one attached hydrogen (secondary N) is 1. The molecule has 7 heteroatoms. The predicted octanol–water partition coefficient (Wildman–Crippen LogP) is 1.59. The van der Waals surface area contributed by atoms with E-state index in [-0.39, 0.29) is 30.3 Å². The van der Waals surface area contributed by atoms with Gasteiger partial charge in [-0.3, -0.25) is 9.48 Å². The topological polar surface area (TPSA) is 67.2 Å². The van der Waals surface area contributed by atoms with Crippen LogP contribution in [0.15, 0.2) is 6.20 Å². The van der Waals surface area contributed by atoms with Gasteiger partial charge in [0.2, 0.25) is 0 Å². The number of halogens is 2. The van der Waals surface area contributed by atoms with Crippen LogP contribution in [0.4, 0.5) is 8.78 Å². The molecule has 0 atom stereocenters. The Hall–Kier alpha value is -1.50. The molecular weight excluding hydrogens is 256 g/mol. The Morgan fingerprint density at radius 1 is 1.53 bits per heavy atom. The standard InChI is InChI=1S/C12H19F2N3O2/c1-8(2)6-17-7-9(11(13)14)10(16-17)12(19)15-4-3-5-18/h7-8,11,18H,3-6H2,1-2H3,(H,15,19). The molecule has 108 valence electrons. The van der Waals surface area contributed by atoms with Crippen LogP contribution in [0.1, 0.15) is 42.7 Å². The lowest BCUT2D eigenvalue weighted by Gasteiger charge is -2.04. The van der Waals surface area contributed by atoms with Crippen LogP contribution in [0.2, 0.25) is 0 Å². The smallest absolute Gasteiger partial charge is 0.272 e. The second kappa shape index (κ2) is 7.18. The zero-order chi connectivity index (χ0) is 14.4. The second-order valence-electron chi connectivity index (χ2n) is 4.68. The molecule has 5 nitrogen and oxygen atoms in total. The quantitative estimate of drug-likeness (QED) is 0.743. The van der Waals surface area contributed by atoms with Crippen LogP contribution in [0.25, 0.3) is 0 Å². The Balaban J connectivity index is 2.84. The highest BCUT2D eigenvalue weighted by molar-refractivity contribution is 5.93. The summed E-state index contributed by atoms with van der Waals surface area (Å²) in [6.45, 7) is 4.51. The number of aliphatic hydroxyl groups excluding tert-OH is 1. The molecule has 0 saturated carbocycles. The Morgan fingerprint density at radius 3 is 2.74 bits per heavy atom. The normalized spacial score (nSPS) is 11.3. The van der Waals surface area contributed by atoms with Crippen LogP contribution in [0.3, 0.4) is 0 Å². The van der Waals surface area contributed by atoms with Crippen molar-refractivity contribution in [1.29, 1.82) is 0 Å². The van der Waals surface area contributed by atoms with E-state index in [1.807, 2.05) is 13.8 Å². The molecule has 0 spiro atoms. The van der Waals surface area contributed by atoms with E-state index in [9.17, 15) is 13.6 Å². The van der Waals surface area contributed by atoms with Crippen LogP contribution < -0.4 is 5.32 Å². The van der Waals surface area contributed by atoms with Crippen molar-refractivity contribution < 1.29 is 18.7 Å². The lowest BCUT2D eigenvalue weighted by molar-refractivity contribution is 0.0932. The van der Waals surface area contributed by atoms with Crippen LogP contribution in [-0.2, 0) is 6.54 Å². The molecule has 0 fully saturated rings. The third kappa shape index (κ3) is 4.59. The molecule has 0 bridgehead atoms. The first-order valence-electron chi connectivity index (χ1n) is 6.20. The molecule has 1 rings (SSSR count). The number of carbonyl (C=O) groups is 1. The van der Waals surface area contributed by atoms with Crippen molar-refractivity contribution in [1.82, 2.24) is 15.1 Å². The van der Waals surface area contributed by atoms with E-state index in [0.29, 0.717) is 13.0 Å². The molecule has 0 aromatic carbocycles. The summed E-state index contributed by atoms with van der Waals surface area (Å²) in [6.07, 6.45) is -1.15. The van der Waals surface area contributed by atoms with Crippen molar-refractivity contribution >= 4 is 5.91 Å². The fourth-order valence-electron chi connectivity index (χ4n) is 1.61. The molecule has 2 N–H and O–H groups in total. The first-order valence-corrected chi connectivity index (χ1v) is 6.20. The van der Waals surface area contributed by atoms with Crippen LogP contribution >= 0.6 is 0 Å². The summed E-state index contributed by atoms with van der Waals surface area (Å²) in [4.78, 5) is 11.7. The maximum atomic E-state index is 12.9. The van der Waals surface area contributed by atoms with Gasteiger partial charge in [-0.15, -0.1) is 0 Å². The molecular formula is C12H19F2N3O2. The molecule has 1 heterocycles. The van der Waals surface area contributed by atoms with Gasteiger partial charge in [0.1, 0.15) is 0 Å². The number of hydrogen-bond donors (Lipinski definition) is 2. The maximum Gasteiger partial charge on any atom is 0.272 e. The van der Waals surface area contributed by atoms with E-state index >= 15 is 0 Å². The van der Waals surface area contributed by atoms with Gasteiger partial charge >= 0.3 is 0 Å². The highest BCUT2D eigenvalue weighted by Crippen LogP contribution is 2.22. The third-order valence-corrected chi connectivity index (χ3v) is 2.41. The van der Waals surface area contributed by atoms with Gasteiger partial charge in [0.05, 0.1) is 5.56 Å². The van der Waals surface area contributed by atoms with Gasteiger partial charge in [-0.1, -0.05) is 13.8 Å². The zero-order valence-corrected chi connectivity index (χ0v) is 11.1. The minimum Gasteiger partial charge on any atom is -0.396 e. The van der Waals surface area contributed by atoms with E-state index < -0.39 is 12.3 Å². The summed E-state index contributed by atoms with van der Waals surface area (Å²) in [6, 6.07) is 0. The lowest BCUT2D eigenvalue weighted by atomic mass is 10.2. The third-order valence-electron chi connectivity index (χ3n) is 2.41. The van der Waals surface area contributed by atoms with E-state index in [4.69, 9.17) is 5.11 Å². The summed E-state index contributed by atoms with van der Waals surface area (Å²) in [5.74, 6) is -0.387. The van der Waals surface area contributed by atoms with Crippen LogP contribution in [-0.4, -0.2) is 33.9 Å². The van der Waals surface area contributed by atoms with Gasteiger partial charge in [0.25, 0.3) is 12.3 Å². The number of alkyl halides is 2. The van der Waals surface area contributed by atoms with E-state index in [0.717, 1.165) is 0 Å². The average molecular weight is 275 g/mol. The number of amides is 1.